The third kappa shape index (κ3) is 7.60. The van der Waals surface area contributed by atoms with Crippen molar-refractivity contribution in [2.75, 3.05) is 27.2 Å². The molecule has 1 N–H and O–H groups in total. The van der Waals surface area contributed by atoms with Crippen LogP contribution < -0.4 is 0 Å². The Hall–Kier alpha value is -1.84. The third-order valence-electron chi connectivity index (χ3n) is 8.27. The Labute approximate surface area is 226 Å². The number of esters is 1. The summed E-state index contributed by atoms with van der Waals surface area (Å²) in [5, 5.41) is 13.0. The van der Waals surface area contributed by atoms with Gasteiger partial charge in [-0.05, 0) is 58.5 Å². The molecule has 5 atom stereocenters. The van der Waals surface area contributed by atoms with Gasteiger partial charge in [-0.1, -0.05) is 34.1 Å². The van der Waals surface area contributed by atoms with E-state index in [1.807, 2.05) is 34.7 Å². The van der Waals surface area contributed by atoms with Gasteiger partial charge in [0.15, 0.2) is 11.5 Å². The second-order valence-corrected chi connectivity index (χ2v) is 12.0. The lowest BCUT2D eigenvalue weighted by atomic mass is 9.77. The summed E-state index contributed by atoms with van der Waals surface area (Å²) in [4.78, 5) is 47.6. The molecule has 2 rings (SSSR count). The second-order valence-electron chi connectivity index (χ2n) is 11.1. The Balaban J connectivity index is 2.19. The molecule has 2 heterocycles. The Morgan fingerprint density at radius 1 is 1.24 bits per heavy atom. The molecule has 0 radical (unpaired) electrons. The summed E-state index contributed by atoms with van der Waals surface area (Å²) in [5.74, 6) is -0.714. The summed E-state index contributed by atoms with van der Waals surface area (Å²) in [5.41, 5.74) is -0.347. The smallest absolute Gasteiger partial charge is 0.357 e. The number of amides is 1. The van der Waals surface area contributed by atoms with Crippen LogP contribution in [-0.4, -0.2) is 76.4 Å². The fourth-order valence-corrected chi connectivity index (χ4v) is 6.00. The van der Waals surface area contributed by atoms with Crippen molar-refractivity contribution in [3.8, 4) is 0 Å². The van der Waals surface area contributed by atoms with Gasteiger partial charge in [-0.3, -0.25) is 14.5 Å². The number of carbonyl (C=O) groups excluding carboxylic acids is 3. The molecule has 1 amide bonds. The SMILES string of the molecule is CCOC(=O)c1csc([C@H](O)C[C@H](C(C)C)N(C)C(=O)[C@@H](CC(=O)[C@@]2(C)CCCCN2C)[C@@H](C)CC)n1. The van der Waals surface area contributed by atoms with E-state index >= 15 is 0 Å². The number of aliphatic hydroxyl groups is 1. The molecule has 1 aliphatic heterocycles. The number of aromatic nitrogens is 1. The van der Waals surface area contributed by atoms with Crippen LogP contribution in [0.4, 0.5) is 0 Å². The van der Waals surface area contributed by atoms with Gasteiger partial charge < -0.3 is 14.7 Å². The highest BCUT2D eigenvalue weighted by Gasteiger charge is 2.42. The molecule has 1 aromatic heterocycles. The summed E-state index contributed by atoms with van der Waals surface area (Å²) in [6, 6.07) is -0.257. The van der Waals surface area contributed by atoms with Gasteiger partial charge in [0.2, 0.25) is 5.91 Å². The molecule has 1 aliphatic rings. The average Bonchev–Trinajstić information content (AvgIpc) is 3.36. The molecule has 0 bridgehead atoms. The van der Waals surface area contributed by atoms with Crippen LogP contribution in [0.1, 0.15) is 102 Å². The number of ketones is 1. The van der Waals surface area contributed by atoms with Gasteiger partial charge in [-0.25, -0.2) is 9.78 Å². The number of aliphatic hydroxyl groups excluding tert-OH is 1. The van der Waals surface area contributed by atoms with Gasteiger partial charge in [-0.2, -0.15) is 0 Å². The molecule has 0 aliphatic carbocycles. The first-order valence-corrected chi connectivity index (χ1v) is 14.6. The fraction of sp³-hybridized carbons (Fsp3) is 0.786. The summed E-state index contributed by atoms with van der Waals surface area (Å²) in [6.07, 6.45) is 3.33. The topological polar surface area (TPSA) is 100 Å². The zero-order valence-corrected chi connectivity index (χ0v) is 24.8. The number of carbonyl (C=O) groups is 3. The van der Waals surface area contributed by atoms with Gasteiger partial charge in [-0.15, -0.1) is 11.3 Å². The van der Waals surface area contributed by atoms with Crippen LogP contribution in [0.2, 0.25) is 0 Å². The molecule has 9 heteroatoms. The van der Waals surface area contributed by atoms with Gasteiger partial charge in [0.05, 0.1) is 12.1 Å². The maximum atomic E-state index is 13.9. The molecule has 0 spiro atoms. The van der Waals surface area contributed by atoms with E-state index < -0.39 is 23.5 Å². The number of hydrogen-bond donors (Lipinski definition) is 1. The van der Waals surface area contributed by atoms with Crippen LogP contribution in [-0.2, 0) is 14.3 Å². The van der Waals surface area contributed by atoms with Gasteiger partial charge >= 0.3 is 5.97 Å². The Morgan fingerprint density at radius 2 is 1.92 bits per heavy atom. The average molecular weight is 538 g/mol. The van der Waals surface area contributed by atoms with Crippen LogP contribution in [0.5, 0.6) is 0 Å². The van der Waals surface area contributed by atoms with Crippen LogP contribution in [0.3, 0.4) is 0 Å². The fourth-order valence-electron chi connectivity index (χ4n) is 5.22. The van der Waals surface area contributed by atoms with Crippen molar-refractivity contribution in [3.63, 3.8) is 0 Å². The number of likely N-dealkylation sites (tertiary alicyclic amines) is 1. The molecule has 37 heavy (non-hydrogen) atoms. The van der Waals surface area contributed by atoms with E-state index in [1.54, 1.807) is 24.3 Å². The molecular weight excluding hydrogens is 490 g/mol. The quantitative estimate of drug-likeness (QED) is 0.363. The zero-order valence-electron chi connectivity index (χ0n) is 24.0. The molecule has 1 fully saturated rings. The van der Waals surface area contributed by atoms with Gasteiger partial charge in [0.1, 0.15) is 11.1 Å². The molecular formula is C28H47N3O5S. The monoisotopic (exact) mass is 537 g/mol. The number of rotatable bonds is 13. The highest BCUT2D eigenvalue weighted by atomic mass is 32.1. The molecule has 1 aromatic rings. The summed E-state index contributed by atoms with van der Waals surface area (Å²) in [7, 11) is 3.78. The largest absolute Gasteiger partial charge is 0.461 e. The minimum Gasteiger partial charge on any atom is -0.461 e. The summed E-state index contributed by atoms with van der Waals surface area (Å²) in [6.45, 7) is 13.0. The van der Waals surface area contributed by atoms with Crippen LogP contribution >= 0.6 is 11.3 Å². The number of thiazole rings is 1. The zero-order chi connectivity index (χ0) is 27.9. The summed E-state index contributed by atoms with van der Waals surface area (Å²) >= 11 is 1.21. The molecule has 0 aromatic carbocycles. The highest BCUT2D eigenvalue weighted by molar-refractivity contribution is 7.09. The predicted molar refractivity (Wildman–Crippen MR) is 146 cm³/mol. The number of ether oxygens (including phenoxy) is 1. The number of Topliss-reactive ketones (excluding diaryl/α,β-unsaturated/α-hetero) is 1. The lowest BCUT2D eigenvalue weighted by molar-refractivity contribution is -0.144. The van der Waals surface area contributed by atoms with E-state index in [-0.39, 0.29) is 54.7 Å². The predicted octanol–water partition coefficient (Wildman–Crippen LogP) is 4.72. The Morgan fingerprint density at radius 3 is 2.49 bits per heavy atom. The van der Waals surface area contributed by atoms with Crippen molar-refractivity contribution in [2.45, 2.75) is 97.8 Å². The third-order valence-corrected chi connectivity index (χ3v) is 9.22. The number of likely N-dealkylation sites (N-methyl/N-ethyl adjacent to an activating group) is 1. The lowest BCUT2D eigenvalue weighted by Gasteiger charge is -2.43. The molecule has 8 nitrogen and oxygen atoms in total. The van der Waals surface area contributed by atoms with E-state index in [0.29, 0.717) is 5.01 Å². The minimum absolute atomic E-state index is 0.0537. The van der Waals surface area contributed by atoms with E-state index in [1.165, 1.54) is 11.3 Å². The maximum Gasteiger partial charge on any atom is 0.357 e. The number of piperidine rings is 1. The lowest BCUT2D eigenvalue weighted by Crippen LogP contribution is -2.54. The standard InChI is InChI=1S/C28H47N3O5S/c1-9-19(5)20(15-24(33)28(6)13-11-12-14-30(28)7)26(34)31(8)22(18(3)4)16-23(32)25-29-21(17-37-25)27(35)36-10-2/h17-20,22-23,32H,9-16H2,1-8H3/t19-,20-,22+,23+,28+/m0/s1. The molecule has 1 saturated heterocycles. The van der Waals surface area contributed by atoms with Crippen LogP contribution in [0.15, 0.2) is 5.38 Å². The first kappa shape index (κ1) is 31.4. The maximum absolute atomic E-state index is 13.9. The number of hydrogen-bond acceptors (Lipinski definition) is 8. The Bertz CT molecular complexity index is 919. The highest BCUT2D eigenvalue weighted by Crippen LogP contribution is 2.33. The first-order chi connectivity index (χ1) is 17.4. The van der Waals surface area contributed by atoms with Crippen molar-refractivity contribution in [3.05, 3.63) is 16.1 Å². The van der Waals surface area contributed by atoms with Crippen molar-refractivity contribution in [1.29, 1.82) is 0 Å². The molecule has 210 valence electrons. The minimum atomic E-state index is -0.922. The molecule has 0 unspecified atom stereocenters. The van der Waals surface area contributed by atoms with Crippen molar-refractivity contribution >= 4 is 29.0 Å². The van der Waals surface area contributed by atoms with E-state index in [9.17, 15) is 19.5 Å². The van der Waals surface area contributed by atoms with Crippen molar-refractivity contribution in [1.82, 2.24) is 14.8 Å². The molecule has 0 saturated carbocycles. The van der Waals surface area contributed by atoms with E-state index in [0.717, 1.165) is 32.2 Å². The van der Waals surface area contributed by atoms with Crippen molar-refractivity contribution < 1.29 is 24.2 Å². The van der Waals surface area contributed by atoms with Gasteiger partial charge in [0, 0.05) is 37.2 Å². The van der Waals surface area contributed by atoms with E-state index in [4.69, 9.17) is 4.74 Å². The summed E-state index contributed by atoms with van der Waals surface area (Å²) < 4.78 is 5.00. The van der Waals surface area contributed by atoms with E-state index in [2.05, 4.69) is 16.8 Å². The van der Waals surface area contributed by atoms with Crippen LogP contribution in [0, 0.1) is 17.8 Å². The van der Waals surface area contributed by atoms with Crippen molar-refractivity contribution in [2.24, 2.45) is 17.8 Å². The second kappa shape index (κ2) is 13.8. The Kier molecular flexibility index (Phi) is 11.7. The first-order valence-electron chi connectivity index (χ1n) is 13.7. The van der Waals surface area contributed by atoms with Crippen LogP contribution in [0.25, 0.3) is 0 Å². The number of nitrogens with zero attached hydrogens (tertiary/aromatic N) is 3. The normalized spacial score (nSPS) is 21.8. The van der Waals surface area contributed by atoms with Gasteiger partial charge in [0.25, 0.3) is 0 Å².